The number of benzene rings is 2. The molecular weight excluding hydrogens is 411 g/mol. The molecule has 2 N–H and O–H groups in total. The summed E-state index contributed by atoms with van der Waals surface area (Å²) in [5.41, 5.74) is 0.0678. The lowest BCUT2D eigenvalue weighted by Gasteiger charge is -2.15. The van der Waals surface area contributed by atoms with E-state index in [1.807, 2.05) is 0 Å². The molecule has 0 radical (unpaired) electrons. The van der Waals surface area contributed by atoms with Crippen LogP contribution in [0.4, 0.5) is 33.3 Å². The molecule has 5 nitrogen and oxygen atoms in total. The SMILES string of the molecule is O=C(CNc1cc(Cl)ccc1OCC(F)(F)F)Nc1ccccc1OC(F)F. The van der Waals surface area contributed by atoms with Gasteiger partial charge in [0.25, 0.3) is 0 Å². The second kappa shape index (κ2) is 9.45. The van der Waals surface area contributed by atoms with Gasteiger partial charge in [0.15, 0.2) is 6.61 Å². The first-order valence-corrected chi connectivity index (χ1v) is 8.08. The second-order valence-corrected chi connectivity index (χ2v) is 5.76. The molecule has 0 aliphatic rings. The Hall–Kier alpha value is -2.75. The van der Waals surface area contributed by atoms with Crippen molar-refractivity contribution >= 4 is 28.9 Å². The van der Waals surface area contributed by atoms with Gasteiger partial charge in [0.2, 0.25) is 5.91 Å². The third-order valence-electron chi connectivity index (χ3n) is 3.15. The number of carbonyl (C=O) groups is 1. The maximum Gasteiger partial charge on any atom is 0.422 e. The monoisotopic (exact) mass is 424 g/mol. The van der Waals surface area contributed by atoms with Crippen LogP contribution in [0.5, 0.6) is 11.5 Å². The summed E-state index contributed by atoms with van der Waals surface area (Å²) < 4.78 is 70.8. The highest BCUT2D eigenvalue weighted by molar-refractivity contribution is 6.30. The maximum absolute atomic E-state index is 12.4. The number of alkyl halides is 5. The predicted octanol–water partition coefficient (Wildman–Crippen LogP) is 4.93. The fraction of sp³-hybridized carbons (Fsp3) is 0.235. The normalized spacial score (nSPS) is 11.2. The first-order chi connectivity index (χ1) is 13.1. The second-order valence-electron chi connectivity index (χ2n) is 5.32. The molecule has 2 rings (SSSR count). The summed E-state index contributed by atoms with van der Waals surface area (Å²) >= 11 is 5.82. The maximum atomic E-state index is 12.4. The molecule has 152 valence electrons. The molecule has 2 aromatic rings. The van der Waals surface area contributed by atoms with E-state index in [2.05, 4.69) is 20.1 Å². The van der Waals surface area contributed by atoms with E-state index >= 15 is 0 Å². The van der Waals surface area contributed by atoms with Crippen molar-refractivity contribution in [3.8, 4) is 11.5 Å². The number of halogens is 6. The quantitative estimate of drug-likeness (QED) is 0.590. The fourth-order valence-corrected chi connectivity index (χ4v) is 2.24. The van der Waals surface area contributed by atoms with Crippen molar-refractivity contribution in [2.24, 2.45) is 0 Å². The van der Waals surface area contributed by atoms with E-state index in [4.69, 9.17) is 11.6 Å². The minimum absolute atomic E-state index is 0.00855. The highest BCUT2D eigenvalue weighted by Gasteiger charge is 2.29. The molecule has 0 unspecified atom stereocenters. The zero-order valence-electron chi connectivity index (χ0n) is 14.0. The lowest BCUT2D eigenvalue weighted by molar-refractivity contribution is -0.153. The van der Waals surface area contributed by atoms with E-state index in [1.165, 1.54) is 42.5 Å². The van der Waals surface area contributed by atoms with E-state index in [1.54, 1.807) is 0 Å². The molecule has 2 aromatic carbocycles. The minimum Gasteiger partial charge on any atom is -0.482 e. The van der Waals surface area contributed by atoms with Gasteiger partial charge in [0, 0.05) is 5.02 Å². The zero-order chi connectivity index (χ0) is 20.7. The Morgan fingerprint density at radius 1 is 1.07 bits per heavy atom. The molecular formula is C17H14ClF5N2O3. The van der Waals surface area contributed by atoms with Gasteiger partial charge in [-0.25, -0.2) is 0 Å². The summed E-state index contributed by atoms with van der Waals surface area (Å²) in [4.78, 5) is 12.1. The van der Waals surface area contributed by atoms with E-state index in [0.29, 0.717) is 0 Å². The number of ether oxygens (including phenoxy) is 2. The molecule has 0 atom stereocenters. The molecule has 11 heteroatoms. The number of carbonyl (C=O) groups excluding carboxylic acids is 1. The number of anilines is 2. The van der Waals surface area contributed by atoms with Crippen molar-refractivity contribution in [2.45, 2.75) is 12.8 Å². The van der Waals surface area contributed by atoms with Crippen molar-refractivity contribution < 1.29 is 36.2 Å². The van der Waals surface area contributed by atoms with Gasteiger partial charge >= 0.3 is 12.8 Å². The van der Waals surface area contributed by atoms with Gasteiger partial charge in [-0.15, -0.1) is 0 Å². The molecule has 0 bridgehead atoms. The Morgan fingerprint density at radius 3 is 2.46 bits per heavy atom. The molecule has 0 saturated carbocycles. The van der Waals surface area contributed by atoms with Crippen LogP contribution in [0.2, 0.25) is 5.02 Å². The molecule has 28 heavy (non-hydrogen) atoms. The van der Waals surface area contributed by atoms with Gasteiger partial charge in [-0.2, -0.15) is 22.0 Å². The van der Waals surface area contributed by atoms with Crippen LogP contribution in [0.1, 0.15) is 0 Å². The highest BCUT2D eigenvalue weighted by Crippen LogP contribution is 2.30. The van der Waals surface area contributed by atoms with Crippen molar-refractivity contribution in [1.82, 2.24) is 0 Å². The van der Waals surface area contributed by atoms with E-state index < -0.39 is 31.8 Å². The summed E-state index contributed by atoms with van der Waals surface area (Å²) in [6.45, 7) is -4.99. The molecule has 0 spiro atoms. The fourth-order valence-electron chi connectivity index (χ4n) is 2.06. The summed E-state index contributed by atoms with van der Waals surface area (Å²) in [5, 5.41) is 5.16. The molecule has 0 aliphatic heterocycles. The van der Waals surface area contributed by atoms with Crippen LogP contribution >= 0.6 is 11.6 Å². The molecule has 0 heterocycles. The van der Waals surface area contributed by atoms with Gasteiger partial charge in [-0.1, -0.05) is 23.7 Å². The average molecular weight is 425 g/mol. The van der Waals surface area contributed by atoms with Gasteiger partial charge < -0.3 is 20.1 Å². The Balaban J connectivity index is 2.02. The van der Waals surface area contributed by atoms with Crippen LogP contribution in [0.3, 0.4) is 0 Å². The standard InChI is InChI=1S/C17H14ClF5N2O3/c18-10-5-6-13(27-9-17(21,22)23)12(7-10)24-8-15(26)25-11-3-1-2-4-14(11)28-16(19)20/h1-7,16,24H,8-9H2,(H,25,26). The first kappa shape index (κ1) is 21.5. The van der Waals surface area contributed by atoms with Crippen LogP contribution in [-0.2, 0) is 4.79 Å². The molecule has 0 aliphatic carbocycles. The van der Waals surface area contributed by atoms with Crippen LogP contribution < -0.4 is 20.1 Å². The lowest BCUT2D eigenvalue weighted by atomic mass is 10.2. The van der Waals surface area contributed by atoms with Crippen molar-refractivity contribution in [3.05, 3.63) is 47.5 Å². The summed E-state index contributed by atoms with van der Waals surface area (Å²) in [7, 11) is 0. The average Bonchev–Trinajstić information content (AvgIpc) is 2.59. The summed E-state index contributed by atoms with van der Waals surface area (Å²) in [6, 6.07) is 9.39. The van der Waals surface area contributed by atoms with Crippen molar-refractivity contribution in [2.75, 3.05) is 23.8 Å². The summed E-state index contributed by atoms with van der Waals surface area (Å²) in [5.74, 6) is -1.05. The number of para-hydroxylation sites is 2. The van der Waals surface area contributed by atoms with Gasteiger partial charge in [-0.05, 0) is 30.3 Å². The largest absolute Gasteiger partial charge is 0.482 e. The van der Waals surface area contributed by atoms with Crippen LogP contribution in [-0.4, -0.2) is 31.8 Å². The lowest BCUT2D eigenvalue weighted by Crippen LogP contribution is -2.23. The topological polar surface area (TPSA) is 59.6 Å². The van der Waals surface area contributed by atoms with Crippen LogP contribution in [0.15, 0.2) is 42.5 Å². The third-order valence-corrected chi connectivity index (χ3v) is 3.38. The van der Waals surface area contributed by atoms with Crippen LogP contribution in [0, 0.1) is 0 Å². The molecule has 1 amide bonds. The smallest absolute Gasteiger partial charge is 0.422 e. The summed E-state index contributed by atoms with van der Waals surface area (Å²) in [6.07, 6.45) is -4.54. The Labute approximate surface area is 161 Å². The van der Waals surface area contributed by atoms with Gasteiger partial charge in [0.05, 0.1) is 17.9 Å². The Morgan fingerprint density at radius 2 is 1.79 bits per heavy atom. The first-order valence-electron chi connectivity index (χ1n) is 7.71. The highest BCUT2D eigenvalue weighted by atomic mass is 35.5. The molecule has 0 saturated heterocycles. The van der Waals surface area contributed by atoms with Crippen molar-refractivity contribution in [1.29, 1.82) is 0 Å². The molecule has 0 fully saturated rings. The Bertz CT molecular complexity index is 818. The molecule has 0 aromatic heterocycles. The number of nitrogens with one attached hydrogen (secondary N) is 2. The number of amides is 1. The Kier molecular flexibility index (Phi) is 7.27. The van der Waals surface area contributed by atoms with E-state index in [0.717, 1.165) is 0 Å². The van der Waals surface area contributed by atoms with E-state index in [-0.39, 0.29) is 27.9 Å². The number of hydrogen-bond donors (Lipinski definition) is 2. The third kappa shape index (κ3) is 7.10. The van der Waals surface area contributed by atoms with E-state index in [9.17, 15) is 26.7 Å². The van der Waals surface area contributed by atoms with Gasteiger partial charge in [0.1, 0.15) is 11.5 Å². The minimum atomic E-state index is -4.54. The number of rotatable bonds is 8. The van der Waals surface area contributed by atoms with Gasteiger partial charge in [-0.3, -0.25) is 4.79 Å². The van der Waals surface area contributed by atoms with Crippen LogP contribution in [0.25, 0.3) is 0 Å². The van der Waals surface area contributed by atoms with Crippen molar-refractivity contribution in [3.63, 3.8) is 0 Å². The number of hydrogen-bond acceptors (Lipinski definition) is 4. The zero-order valence-corrected chi connectivity index (χ0v) is 14.8. The predicted molar refractivity (Wildman–Crippen MR) is 93.2 cm³/mol.